The summed E-state index contributed by atoms with van der Waals surface area (Å²) < 4.78 is 0. The highest BCUT2D eigenvalue weighted by Gasteiger charge is 2.21. The van der Waals surface area contributed by atoms with Crippen molar-refractivity contribution in [2.24, 2.45) is 0 Å². The topological polar surface area (TPSA) is 12.0 Å². The highest BCUT2D eigenvalue weighted by molar-refractivity contribution is 7.99. The predicted octanol–water partition coefficient (Wildman–Crippen LogP) is 3.28. The molecule has 0 aromatic heterocycles. The zero-order valence-corrected chi connectivity index (χ0v) is 11.7. The second kappa shape index (κ2) is 6.46. The third-order valence-electron chi connectivity index (χ3n) is 3.47. The molecule has 0 heterocycles. The van der Waals surface area contributed by atoms with Crippen molar-refractivity contribution in [1.82, 2.24) is 5.32 Å². The first-order valence-electron chi connectivity index (χ1n) is 6.70. The molecular weight excluding hydrogens is 226 g/mol. The quantitative estimate of drug-likeness (QED) is 0.777. The third kappa shape index (κ3) is 3.75. The summed E-state index contributed by atoms with van der Waals surface area (Å²) in [6, 6.07) is 10.2. The van der Waals surface area contributed by atoms with E-state index in [1.807, 2.05) is 11.8 Å². The van der Waals surface area contributed by atoms with Gasteiger partial charge in [-0.15, -0.1) is 0 Å². The van der Waals surface area contributed by atoms with E-state index in [1.54, 1.807) is 11.1 Å². The molecular formula is C15H23NS. The summed E-state index contributed by atoms with van der Waals surface area (Å²) in [5.74, 6) is 2.52. The summed E-state index contributed by atoms with van der Waals surface area (Å²) in [6.07, 6.45) is 3.70. The molecule has 1 aromatic carbocycles. The van der Waals surface area contributed by atoms with Crippen LogP contribution in [-0.2, 0) is 12.8 Å². The SMILES string of the molecule is CCSCCC(C)NC1Cc2ccccc2C1. The Kier molecular flexibility index (Phi) is 4.93. The molecule has 0 fully saturated rings. The molecule has 0 saturated heterocycles. The Morgan fingerprint density at radius 1 is 1.29 bits per heavy atom. The van der Waals surface area contributed by atoms with Gasteiger partial charge >= 0.3 is 0 Å². The molecule has 1 nitrogen and oxygen atoms in total. The van der Waals surface area contributed by atoms with Crippen LogP contribution >= 0.6 is 11.8 Å². The van der Waals surface area contributed by atoms with Gasteiger partial charge in [-0.25, -0.2) is 0 Å². The van der Waals surface area contributed by atoms with E-state index in [4.69, 9.17) is 0 Å². The molecule has 0 spiro atoms. The predicted molar refractivity (Wildman–Crippen MR) is 77.9 cm³/mol. The van der Waals surface area contributed by atoms with Gasteiger partial charge < -0.3 is 5.32 Å². The molecule has 17 heavy (non-hydrogen) atoms. The van der Waals surface area contributed by atoms with Gasteiger partial charge in [-0.05, 0) is 48.8 Å². The van der Waals surface area contributed by atoms with Crippen LogP contribution in [0.2, 0.25) is 0 Å². The molecule has 0 bridgehead atoms. The molecule has 1 aliphatic carbocycles. The lowest BCUT2D eigenvalue weighted by Gasteiger charge is -2.18. The summed E-state index contributed by atoms with van der Waals surface area (Å²) in [6.45, 7) is 4.55. The maximum Gasteiger partial charge on any atom is 0.0151 e. The third-order valence-corrected chi connectivity index (χ3v) is 4.40. The molecule has 0 radical (unpaired) electrons. The van der Waals surface area contributed by atoms with Crippen molar-refractivity contribution < 1.29 is 0 Å². The minimum Gasteiger partial charge on any atom is -0.311 e. The van der Waals surface area contributed by atoms with Gasteiger partial charge in [-0.1, -0.05) is 31.2 Å². The van der Waals surface area contributed by atoms with Crippen molar-refractivity contribution >= 4 is 11.8 Å². The molecule has 0 amide bonds. The molecule has 1 unspecified atom stereocenters. The molecule has 94 valence electrons. The van der Waals surface area contributed by atoms with Gasteiger partial charge in [0.15, 0.2) is 0 Å². The Hall–Kier alpha value is -0.470. The second-order valence-electron chi connectivity index (χ2n) is 4.93. The monoisotopic (exact) mass is 249 g/mol. The van der Waals surface area contributed by atoms with Gasteiger partial charge in [0, 0.05) is 12.1 Å². The number of hydrogen-bond donors (Lipinski definition) is 1. The molecule has 1 aliphatic rings. The van der Waals surface area contributed by atoms with Gasteiger partial charge in [0.2, 0.25) is 0 Å². The Balaban J connectivity index is 1.75. The van der Waals surface area contributed by atoms with Crippen molar-refractivity contribution in [3.8, 4) is 0 Å². The van der Waals surface area contributed by atoms with Crippen LogP contribution in [0.1, 0.15) is 31.4 Å². The van der Waals surface area contributed by atoms with E-state index in [0.29, 0.717) is 12.1 Å². The van der Waals surface area contributed by atoms with Crippen LogP contribution < -0.4 is 5.32 Å². The molecule has 1 aromatic rings. The highest BCUT2D eigenvalue weighted by Crippen LogP contribution is 2.22. The normalized spacial score (nSPS) is 17.1. The Morgan fingerprint density at radius 3 is 2.53 bits per heavy atom. The number of hydrogen-bond acceptors (Lipinski definition) is 2. The average molecular weight is 249 g/mol. The number of thioether (sulfide) groups is 1. The first-order chi connectivity index (χ1) is 8.29. The van der Waals surface area contributed by atoms with Crippen molar-refractivity contribution in [2.75, 3.05) is 11.5 Å². The Labute approximate surface area is 109 Å². The maximum absolute atomic E-state index is 3.77. The van der Waals surface area contributed by atoms with E-state index >= 15 is 0 Å². The number of fused-ring (bicyclic) bond motifs is 1. The minimum atomic E-state index is 0.647. The van der Waals surface area contributed by atoms with Crippen molar-refractivity contribution in [3.63, 3.8) is 0 Å². The van der Waals surface area contributed by atoms with E-state index < -0.39 is 0 Å². The van der Waals surface area contributed by atoms with Crippen LogP contribution in [0.4, 0.5) is 0 Å². The maximum atomic E-state index is 3.77. The molecule has 0 aliphatic heterocycles. The zero-order valence-electron chi connectivity index (χ0n) is 10.9. The lowest BCUT2D eigenvalue weighted by Crippen LogP contribution is -2.37. The van der Waals surface area contributed by atoms with Crippen molar-refractivity contribution in [2.45, 2.75) is 45.2 Å². The van der Waals surface area contributed by atoms with Crippen LogP contribution in [-0.4, -0.2) is 23.6 Å². The van der Waals surface area contributed by atoms with E-state index in [0.717, 1.165) is 0 Å². The van der Waals surface area contributed by atoms with Gasteiger partial charge in [0.1, 0.15) is 0 Å². The number of rotatable bonds is 6. The van der Waals surface area contributed by atoms with Crippen LogP contribution in [0.25, 0.3) is 0 Å². The zero-order chi connectivity index (χ0) is 12.1. The second-order valence-corrected chi connectivity index (χ2v) is 6.32. The first-order valence-corrected chi connectivity index (χ1v) is 7.85. The van der Waals surface area contributed by atoms with Crippen LogP contribution in [0.3, 0.4) is 0 Å². The van der Waals surface area contributed by atoms with Crippen LogP contribution in [0, 0.1) is 0 Å². The summed E-state index contributed by atoms with van der Waals surface area (Å²) in [7, 11) is 0. The first kappa shape index (κ1) is 13.0. The Morgan fingerprint density at radius 2 is 1.94 bits per heavy atom. The average Bonchev–Trinajstić information content (AvgIpc) is 2.71. The van der Waals surface area contributed by atoms with E-state index in [1.165, 1.54) is 30.8 Å². The summed E-state index contributed by atoms with van der Waals surface area (Å²) >= 11 is 2.04. The van der Waals surface area contributed by atoms with Gasteiger partial charge in [0.05, 0.1) is 0 Å². The van der Waals surface area contributed by atoms with Gasteiger partial charge in [0.25, 0.3) is 0 Å². The smallest absolute Gasteiger partial charge is 0.0151 e. The lowest BCUT2D eigenvalue weighted by molar-refractivity contribution is 0.449. The molecule has 1 atom stereocenters. The van der Waals surface area contributed by atoms with E-state index in [9.17, 15) is 0 Å². The van der Waals surface area contributed by atoms with E-state index in [2.05, 4.69) is 43.4 Å². The summed E-state index contributed by atoms with van der Waals surface area (Å²) in [5, 5.41) is 3.77. The fraction of sp³-hybridized carbons (Fsp3) is 0.600. The van der Waals surface area contributed by atoms with Gasteiger partial charge in [-0.2, -0.15) is 11.8 Å². The fourth-order valence-corrected chi connectivity index (χ4v) is 3.38. The minimum absolute atomic E-state index is 0.647. The Bertz CT molecular complexity index is 326. The van der Waals surface area contributed by atoms with Crippen LogP contribution in [0.15, 0.2) is 24.3 Å². The van der Waals surface area contributed by atoms with Gasteiger partial charge in [-0.3, -0.25) is 0 Å². The lowest BCUT2D eigenvalue weighted by atomic mass is 10.1. The molecule has 2 rings (SSSR count). The van der Waals surface area contributed by atoms with Crippen molar-refractivity contribution in [3.05, 3.63) is 35.4 Å². The fourth-order valence-electron chi connectivity index (χ4n) is 2.57. The highest BCUT2D eigenvalue weighted by atomic mass is 32.2. The van der Waals surface area contributed by atoms with Crippen molar-refractivity contribution in [1.29, 1.82) is 0 Å². The number of nitrogens with one attached hydrogen (secondary N) is 1. The summed E-state index contributed by atoms with van der Waals surface area (Å²) in [5.41, 5.74) is 3.08. The molecule has 0 saturated carbocycles. The molecule has 1 N–H and O–H groups in total. The summed E-state index contributed by atoms with van der Waals surface area (Å²) in [4.78, 5) is 0. The van der Waals surface area contributed by atoms with Crippen LogP contribution in [0.5, 0.6) is 0 Å². The molecule has 2 heteroatoms. The van der Waals surface area contributed by atoms with E-state index in [-0.39, 0.29) is 0 Å². The standard InChI is InChI=1S/C15H23NS/c1-3-17-9-8-12(2)16-15-10-13-6-4-5-7-14(13)11-15/h4-7,12,15-16H,3,8-11H2,1-2H3. The largest absolute Gasteiger partial charge is 0.311 e. The number of benzene rings is 1.